The minimum Gasteiger partial charge on any atom is -0.355 e. The SMILES string of the molecule is CCCNC(=O)C(C1CCCC1)N1CCN(C(=O)c2ccc(F)cc2)CC1. The molecule has 2 aliphatic rings. The van der Waals surface area contributed by atoms with Crippen LogP contribution in [0.25, 0.3) is 0 Å². The van der Waals surface area contributed by atoms with Crippen molar-refractivity contribution < 1.29 is 14.0 Å². The van der Waals surface area contributed by atoms with Crippen molar-refractivity contribution in [2.75, 3.05) is 32.7 Å². The van der Waals surface area contributed by atoms with Crippen LogP contribution < -0.4 is 5.32 Å². The second-order valence-electron chi connectivity index (χ2n) is 7.62. The number of piperazine rings is 1. The van der Waals surface area contributed by atoms with E-state index in [1.807, 2.05) is 0 Å². The van der Waals surface area contributed by atoms with Crippen LogP contribution in [0.3, 0.4) is 0 Å². The van der Waals surface area contributed by atoms with Gasteiger partial charge in [-0.25, -0.2) is 4.39 Å². The van der Waals surface area contributed by atoms with Crippen LogP contribution in [0.15, 0.2) is 24.3 Å². The van der Waals surface area contributed by atoms with Crippen molar-refractivity contribution in [2.45, 2.75) is 45.1 Å². The van der Waals surface area contributed by atoms with Crippen LogP contribution in [-0.2, 0) is 4.79 Å². The van der Waals surface area contributed by atoms with Crippen LogP contribution in [0.5, 0.6) is 0 Å². The number of nitrogens with one attached hydrogen (secondary N) is 1. The summed E-state index contributed by atoms with van der Waals surface area (Å²) in [6.07, 6.45) is 5.55. The second kappa shape index (κ2) is 9.31. The van der Waals surface area contributed by atoms with Crippen LogP contribution in [0.1, 0.15) is 49.4 Å². The van der Waals surface area contributed by atoms with Crippen LogP contribution in [0.2, 0.25) is 0 Å². The Morgan fingerprint density at radius 2 is 1.74 bits per heavy atom. The fourth-order valence-corrected chi connectivity index (χ4v) is 4.28. The molecule has 1 saturated heterocycles. The average molecular weight is 375 g/mol. The van der Waals surface area contributed by atoms with Crippen molar-refractivity contribution in [3.05, 3.63) is 35.6 Å². The van der Waals surface area contributed by atoms with Gasteiger partial charge < -0.3 is 10.2 Å². The summed E-state index contributed by atoms with van der Waals surface area (Å²) in [6.45, 7) is 5.37. The summed E-state index contributed by atoms with van der Waals surface area (Å²) in [5.74, 6) is 0.152. The average Bonchev–Trinajstić information content (AvgIpc) is 3.21. The summed E-state index contributed by atoms with van der Waals surface area (Å²) >= 11 is 0. The van der Waals surface area contributed by atoms with E-state index in [4.69, 9.17) is 0 Å². The van der Waals surface area contributed by atoms with Gasteiger partial charge in [0, 0.05) is 38.3 Å². The van der Waals surface area contributed by atoms with Gasteiger partial charge in [0.1, 0.15) is 5.82 Å². The Morgan fingerprint density at radius 3 is 2.33 bits per heavy atom. The lowest BCUT2D eigenvalue weighted by Crippen LogP contribution is -2.58. The van der Waals surface area contributed by atoms with Gasteiger partial charge in [-0.05, 0) is 49.4 Å². The predicted molar refractivity (Wildman–Crippen MR) is 103 cm³/mol. The molecule has 1 aromatic rings. The van der Waals surface area contributed by atoms with Gasteiger partial charge in [-0.2, -0.15) is 0 Å². The predicted octanol–water partition coefficient (Wildman–Crippen LogP) is 2.67. The van der Waals surface area contributed by atoms with E-state index in [1.165, 1.54) is 37.1 Å². The molecule has 148 valence electrons. The molecular weight excluding hydrogens is 345 g/mol. The van der Waals surface area contributed by atoms with Crippen molar-refractivity contribution >= 4 is 11.8 Å². The van der Waals surface area contributed by atoms with Crippen molar-refractivity contribution in [2.24, 2.45) is 5.92 Å². The number of carbonyl (C=O) groups excluding carboxylic acids is 2. The van der Waals surface area contributed by atoms with E-state index < -0.39 is 0 Å². The molecule has 1 aliphatic carbocycles. The highest BCUT2D eigenvalue weighted by molar-refractivity contribution is 5.94. The molecule has 1 unspecified atom stereocenters. The highest BCUT2D eigenvalue weighted by Crippen LogP contribution is 2.31. The monoisotopic (exact) mass is 375 g/mol. The minimum atomic E-state index is -0.339. The Morgan fingerprint density at radius 1 is 1.11 bits per heavy atom. The molecule has 0 spiro atoms. The topological polar surface area (TPSA) is 52.7 Å². The van der Waals surface area contributed by atoms with Gasteiger partial charge in [-0.3, -0.25) is 14.5 Å². The molecule has 3 rings (SSSR count). The van der Waals surface area contributed by atoms with Crippen molar-refractivity contribution in [3.8, 4) is 0 Å². The molecule has 1 aromatic carbocycles. The number of amides is 2. The maximum Gasteiger partial charge on any atom is 0.253 e. The third kappa shape index (κ3) is 4.86. The van der Waals surface area contributed by atoms with Crippen molar-refractivity contribution in [3.63, 3.8) is 0 Å². The molecule has 2 fully saturated rings. The summed E-state index contributed by atoms with van der Waals surface area (Å²) in [5, 5.41) is 3.08. The summed E-state index contributed by atoms with van der Waals surface area (Å²) in [4.78, 5) is 29.5. The molecular formula is C21H30FN3O2. The zero-order valence-electron chi connectivity index (χ0n) is 16.1. The molecule has 27 heavy (non-hydrogen) atoms. The Balaban J connectivity index is 1.61. The number of carbonyl (C=O) groups is 2. The highest BCUT2D eigenvalue weighted by atomic mass is 19.1. The van der Waals surface area contributed by atoms with Gasteiger partial charge in [0.25, 0.3) is 5.91 Å². The Kier molecular flexibility index (Phi) is 6.83. The maximum absolute atomic E-state index is 13.1. The first-order valence-electron chi connectivity index (χ1n) is 10.2. The van der Waals surface area contributed by atoms with E-state index in [9.17, 15) is 14.0 Å². The zero-order valence-corrected chi connectivity index (χ0v) is 16.1. The molecule has 6 heteroatoms. The Labute approximate surface area is 160 Å². The zero-order chi connectivity index (χ0) is 19.2. The largest absolute Gasteiger partial charge is 0.355 e. The first kappa shape index (κ1) is 19.8. The molecule has 1 N–H and O–H groups in total. The van der Waals surface area contributed by atoms with Gasteiger partial charge >= 0.3 is 0 Å². The fraction of sp³-hybridized carbons (Fsp3) is 0.619. The number of benzene rings is 1. The maximum atomic E-state index is 13.1. The second-order valence-corrected chi connectivity index (χ2v) is 7.62. The number of halogens is 1. The molecule has 1 saturated carbocycles. The number of hydrogen-bond donors (Lipinski definition) is 1. The van der Waals surface area contributed by atoms with E-state index >= 15 is 0 Å². The summed E-state index contributed by atoms with van der Waals surface area (Å²) in [6, 6.07) is 5.62. The number of rotatable bonds is 6. The highest BCUT2D eigenvalue weighted by Gasteiger charge is 2.37. The lowest BCUT2D eigenvalue weighted by atomic mass is 9.95. The lowest BCUT2D eigenvalue weighted by Gasteiger charge is -2.40. The Hall–Kier alpha value is -1.95. The quantitative estimate of drug-likeness (QED) is 0.832. The first-order valence-corrected chi connectivity index (χ1v) is 10.2. The molecule has 1 heterocycles. The van der Waals surface area contributed by atoms with Crippen LogP contribution >= 0.6 is 0 Å². The van der Waals surface area contributed by atoms with E-state index in [0.717, 1.165) is 19.3 Å². The molecule has 0 radical (unpaired) electrons. The van der Waals surface area contributed by atoms with E-state index in [2.05, 4.69) is 17.1 Å². The standard InChI is InChI=1S/C21H30FN3O2/c1-2-11-23-20(26)19(16-5-3-4-6-16)24-12-14-25(15-13-24)21(27)17-7-9-18(22)10-8-17/h7-10,16,19H,2-6,11-15H2,1H3,(H,23,26). The van der Waals surface area contributed by atoms with E-state index in [-0.39, 0.29) is 23.7 Å². The summed E-state index contributed by atoms with van der Waals surface area (Å²) < 4.78 is 13.1. The summed E-state index contributed by atoms with van der Waals surface area (Å²) in [7, 11) is 0. The van der Waals surface area contributed by atoms with Gasteiger partial charge in [-0.1, -0.05) is 19.8 Å². The lowest BCUT2D eigenvalue weighted by molar-refractivity contribution is -0.129. The van der Waals surface area contributed by atoms with Crippen LogP contribution in [0, 0.1) is 11.7 Å². The number of nitrogens with zero attached hydrogens (tertiary/aromatic N) is 2. The smallest absolute Gasteiger partial charge is 0.253 e. The van der Waals surface area contributed by atoms with Gasteiger partial charge in [-0.15, -0.1) is 0 Å². The van der Waals surface area contributed by atoms with E-state index in [0.29, 0.717) is 44.2 Å². The third-order valence-corrected chi connectivity index (χ3v) is 5.75. The van der Waals surface area contributed by atoms with Gasteiger partial charge in [0.05, 0.1) is 6.04 Å². The number of hydrogen-bond acceptors (Lipinski definition) is 3. The first-order chi connectivity index (χ1) is 13.1. The summed E-state index contributed by atoms with van der Waals surface area (Å²) in [5.41, 5.74) is 0.512. The minimum absolute atomic E-state index is 0.0671. The molecule has 0 bridgehead atoms. The van der Waals surface area contributed by atoms with Crippen LogP contribution in [0.4, 0.5) is 4.39 Å². The molecule has 1 aliphatic heterocycles. The normalized spacial score (nSPS) is 19.9. The molecule has 5 nitrogen and oxygen atoms in total. The van der Waals surface area contributed by atoms with Crippen molar-refractivity contribution in [1.29, 1.82) is 0 Å². The van der Waals surface area contributed by atoms with Crippen LogP contribution in [-0.4, -0.2) is 60.4 Å². The Bertz CT molecular complexity index is 635. The molecule has 1 atom stereocenters. The molecule has 0 aromatic heterocycles. The van der Waals surface area contributed by atoms with E-state index in [1.54, 1.807) is 4.90 Å². The fourth-order valence-electron chi connectivity index (χ4n) is 4.28. The van der Waals surface area contributed by atoms with Gasteiger partial charge in [0.15, 0.2) is 0 Å². The van der Waals surface area contributed by atoms with Crippen molar-refractivity contribution in [1.82, 2.24) is 15.1 Å². The van der Waals surface area contributed by atoms with Gasteiger partial charge in [0.2, 0.25) is 5.91 Å². The third-order valence-electron chi connectivity index (χ3n) is 5.75. The molecule has 2 amide bonds.